The number of H-pyrrole nitrogens is 1. The summed E-state index contributed by atoms with van der Waals surface area (Å²) >= 11 is 0. The Balaban J connectivity index is 1.16. The minimum absolute atomic E-state index is 0.0847. The largest absolute Gasteiger partial charge is 0.573 e. The molecule has 3 heterocycles. The van der Waals surface area contributed by atoms with Crippen molar-refractivity contribution in [3.63, 3.8) is 0 Å². The van der Waals surface area contributed by atoms with E-state index in [1.807, 2.05) is 0 Å². The Morgan fingerprint density at radius 3 is 2.65 bits per heavy atom. The first-order valence-corrected chi connectivity index (χ1v) is 11.6. The number of fused-ring (bicyclic) bond motifs is 2. The molecule has 2 aliphatic heterocycles. The van der Waals surface area contributed by atoms with E-state index in [9.17, 15) is 22.8 Å². The Bertz CT molecular complexity index is 1310. The van der Waals surface area contributed by atoms with Crippen molar-refractivity contribution in [1.29, 1.82) is 0 Å². The van der Waals surface area contributed by atoms with Crippen LogP contribution in [0, 0.1) is 11.8 Å². The molecular formula is C24H24F3N5O5. The maximum atomic E-state index is 13.1. The zero-order valence-corrected chi connectivity index (χ0v) is 19.8. The highest BCUT2D eigenvalue weighted by Crippen LogP contribution is 2.33. The third kappa shape index (κ3) is 5.39. The van der Waals surface area contributed by atoms with E-state index in [0.29, 0.717) is 42.8 Å². The van der Waals surface area contributed by atoms with Crippen LogP contribution in [-0.2, 0) is 11.3 Å². The number of piperidine rings is 1. The number of ether oxygens (including phenoxy) is 3. The molecule has 2 amide bonds. The van der Waals surface area contributed by atoms with Crippen LogP contribution >= 0.6 is 0 Å². The number of hydrogen-bond donors (Lipinski definition) is 1. The fourth-order valence-electron chi connectivity index (χ4n) is 4.93. The van der Waals surface area contributed by atoms with Crippen LogP contribution in [0.3, 0.4) is 0 Å². The third-order valence-electron chi connectivity index (χ3n) is 6.76. The number of amides is 2. The lowest BCUT2D eigenvalue weighted by Gasteiger charge is -2.33. The van der Waals surface area contributed by atoms with Gasteiger partial charge in [-0.15, -0.1) is 18.3 Å². The van der Waals surface area contributed by atoms with Crippen LogP contribution in [-0.4, -0.2) is 76.9 Å². The van der Waals surface area contributed by atoms with Gasteiger partial charge < -0.3 is 24.0 Å². The average Bonchev–Trinajstić information content (AvgIpc) is 3.52. The maximum absolute atomic E-state index is 13.1. The number of rotatable bonds is 5. The van der Waals surface area contributed by atoms with Gasteiger partial charge in [0, 0.05) is 43.4 Å². The summed E-state index contributed by atoms with van der Waals surface area (Å²) < 4.78 is 51.8. The molecule has 1 aromatic heterocycles. The van der Waals surface area contributed by atoms with E-state index in [0.717, 1.165) is 24.1 Å². The number of carbonyl (C=O) groups excluding carboxylic acids is 2. The standard InChI is InChI=1S/C24H24F3N5O5/c1-35-21-9-18(37-24(25,26)27)4-2-16(21)13-36-23(34)31-7-6-15-10-32(12-17(15)11-31)22(33)14-3-5-19-20(8-14)29-30-28-19/h2-5,8-9,15,17H,6-7,10-13H2,1H3,(H,28,29,30)/t15-,17-/m1/s1. The number of halogens is 3. The van der Waals surface area contributed by atoms with Gasteiger partial charge in [-0.25, -0.2) is 4.79 Å². The van der Waals surface area contributed by atoms with E-state index in [1.165, 1.54) is 13.2 Å². The zero-order valence-electron chi connectivity index (χ0n) is 19.8. The van der Waals surface area contributed by atoms with Crippen LogP contribution in [0.15, 0.2) is 36.4 Å². The Morgan fingerprint density at radius 2 is 1.86 bits per heavy atom. The summed E-state index contributed by atoms with van der Waals surface area (Å²) in [5.74, 6) is 0.00249. The summed E-state index contributed by atoms with van der Waals surface area (Å²) in [5.41, 5.74) is 2.32. The first-order valence-electron chi connectivity index (χ1n) is 11.6. The van der Waals surface area contributed by atoms with Gasteiger partial charge in [0.05, 0.1) is 12.6 Å². The molecule has 0 aliphatic carbocycles. The Hall–Kier alpha value is -4.03. The average molecular weight is 519 g/mol. The highest BCUT2D eigenvalue weighted by Gasteiger charge is 2.40. The molecule has 1 N–H and O–H groups in total. The number of nitrogens with one attached hydrogen (secondary N) is 1. The van der Waals surface area contributed by atoms with Crippen molar-refractivity contribution in [2.75, 3.05) is 33.3 Å². The summed E-state index contributed by atoms with van der Waals surface area (Å²) in [6.07, 6.45) is -4.62. The van der Waals surface area contributed by atoms with Gasteiger partial charge in [0.25, 0.3) is 5.91 Å². The van der Waals surface area contributed by atoms with E-state index in [1.54, 1.807) is 28.0 Å². The molecule has 0 saturated carbocycles. The monoisotopic (exact) mass is 519 g/mol. The lowest BCUT2D eigenvalue weighted by Crippen LogP contribution is -2.43. The molecule has 2 fully saturated rings. The number of aromatic amines is 1. The predicted octanol–water partition coefficient (Wildman–Crippen LogP) is 3.60. The van der Waals surface area contributed by atoms with Crippen molar-refractivity contribution in [2.45, 2.75) is 19.4 Å². The fraction of sp³-hybridized carbons (Fsp3) is 0.417. The smallest absolute Gasteiger partial charge is 0.496 e. The minimum atomic E-state index is -4.82. The number of aromatic nitrogens is 3. The van der Waals surface area contributed by atoms with Crippen molar-refractivity contribution in [3.05, 3.63) is 47.5 Å². The van der Waals surface area contributed by atoms with Gasteiger partial charge in [-0.1, -0.05) is 5.21 Å². The Kier molecular flexibility index (Phi) is 6.52. The van der Waals surface area contributed by atoms with Gasteiger partial charge in [0.1, 0.15) is 23.6 Å². The van der Waals surface area contributed by atoms with E-state index in [2.05, 4.69) is 20.1 Å². The molecule has 0 unspecified atom stereocenters. The fourth-order valence-corrected chi connectivity index (χ4v) is 4.93. The van der Waals surface area contributed by atoms with E-state index < -0.39 is 18.2 Å². The normalized spacial score (nSPS) is 19.6. The molecule has 2 aliphatic rings. The summed E-state index contributed by atoms with van der Waals surface area (Å²) in [4.78, 5) is 29.2. The molecule has 13 heteroatoms. The summed E-state index contributed by atoms with van der Waals surface area (Å²) in [6.45, 7) is 1.91. The van der Waals surface area contributed by atoms with E-state index in [4.69, 9.17) is 9.47 Å². The number of alkyl halides is 3. The first kappa shape index (κ1) is 24.7. The quantitative estimate of drug-likeness (QED) is 0.549. The van der Waals surface area contributed by atoms with Crippen LogP contribution in [0.2, 0.25) is 0 Å². The van der Waals surface area contributed by atoms with E-state index in [-0.39, 0.29) is 30.1 Å². The van der Waals surface area contributed by atoms with Crippen LogP contribution < -0.4 is 9.47 Å². The van der Waals surface area contributed by atoms with Crippen molar-refractivity contribution in [3.8, 4) is 11.5 Å². The molecule has 3 aromatic rings. The lowest BCUT2D eigenvalue weighted by molar-refractivity contribution is -0.274. The Labute approximate surface area is 209 Å². The number of hydrogen-bond acceptors (Lipinski definition) is 7. The van der Waals surface area contributed by atoms with Gasteiger partial charge in [-0.2, -0.15) is 0 Å². The minimum Gasteiger partial charge on any atom is -0.496 e. The first-order chi connectivity index (χ1) is 17.7. The van der Waals surface area contributed by atoms with Crippen LogP contribution in [0.5, 0.6) is 11.5 Å². The highest BCUT2D eigenvalue weighted by atomic mass is 19.4. The third-order valence-corrected chi connectivity index (χ3v) is 6.76. The van der Waals surface area contributed by atoms with Gasteiger partial charge in [0.2, 0.25) is 0 Å². The lowest BCUT2D eigenvalue weighted by atomic mass is 9.89. The zero-order chi connectivity index (χ0) is 26.2. The number of methoxy groups -OCH3 is 1. The van der Waals surface area contributed by atoms with E-state index >= 15 is 0 Å². The second-order valence-corrected chi connectivity index (χ2v) is 9.08. The second kappa shape index (κ2) is 9.79. The molecule has 0 bridgehead atoms. The molecule has 37 heavy (non-hydrogen) atoms. The molecular weight excluding hydrogens is 495 g/mol. The maximum Gasteiger partial charge on any atom is 0.573 e. The van der Waals surface area contributed by atoms with Gasteiger partial charge in [-0.3, -0.25) is 9.89 Å². The number of carbonyl (C=O) groups is 2. The molecule has 196 valence electrons. The molecule has 2 aromatic carbocycles. The Morgan fingerprint density at radius 1 is 1.08 bits per heavy atom. The predicted molar refractivity (Wildman–Crippen MR) is 123 cm³/mol. The summed E-state index contributed by atoms with van der Waals surface area (Å²) in [7, 11) is 1.31. The van der Waals surface area contributed by atoms with Gasteiger partial charge in [0.15, 0.2) is 0 Å². The molecule has 10 nitrogen and oxygen atoms in total. The van der Waals surface area contributed by atoms with Gasteiger partial charge >= 0.3 is 12.5 Å². The van der Waals surface area contributed by atoms with Crippen molar-refractivity contribution in [2.24, 2.45) is 11.8 Å². The molecule has 5 rings (SSSR count). The highest BCUT2D eigenvalue weighted by molar-refractivity contribution is 5.97. The van der Waals surface area contributed by atoms with Crippen molar-refractivity contribution < 1.29 is 37.0 Å². The molecule has 2 atom stereocenters. The molecule has 0 radical (unpaired) electrons. The number of likely N-dealkylation sites (tertiary alicyclic amines) is 2. The van der Waals surface area contributed by atoms with Crippen molar-refractivity contribution >= 4 is 23.0 Å². The summed E-state index contributed by atoms with van der Waals surface area (Å²) in [5, 5.41) is 10.5. The summed E-state index contributed by atoms with van der Waals surface area (Å²) in [6, 6.07) is 8.81. The topological polar surface area (TPSA) is 110 Å². The number of nitrogens with zero attached hydrogens (tertiary/aromatic N) is 4. The van der Waals surface area contributed by atoms with Gasteiger partial charge in [-0.05, 0) is 48.6 Å². The SMILES string of the molecule is COc1cc(OC(F)(F)F)ccc1COC(=O)N1CC[C@@H]2CN(C(=O)c3ccc4[nH]nnc4c3)C[C@H]2C1. The van der Waals surface area contributed by atoms with Crippen molar-refractivity contribution in [1.82, 2.24) is 25.2 Å². The van der Waals surface area contributed by atoms with Crippen LogP contribution in [0.25, 0.3) is 11.0 Å². The molecule has 2 saturated heterocycles. The number of benzene rings is 2. The van der Waals surface area contributed by atoms with Crippen LogP contribution in [0.4, 0.5) is 18.0 Å². The van der Waals surface area contributed by atoms with Crippen LogP contribution in [0.1, 0.15) is 22.3 Å². The second-order valence-electron chi connectivity index (χ2n) is 9.08. The molecule has 0 spiro atoms.